The van der Waals surface area contributed by atoms with Gasteiger partial charge in [-0.3, -0.25) is 0 Å². The van der Waals surface area contributed by atoms with Gasteiger partial charge in [0.2, 0.25) is 5.88 Å². The minimum atomic E-state index is -0.152. The quantitative estimate of drug-likeness (QED) is 0.815. The van der Waals surface area contributed by atoms with Crippen LogP contribution in [0.2, 0.25) is 0 Å². The van der Waals surface area contributed by atoms with Crippen molar-refractivity contribution in [2.24, 2.45) is 0 Å². The van der Waals surface area contributed by atoms with Gasteiger partial charge in [0, 0.05) is 18.0 Å². The van der Waals surface area contributed by atoms with Crippen LogP contribution in [0.25, 0.3) is 0 Å². The number of hydrogen-bond donors (Lipinski definition) is 1. The lowest BCUT2D eigenvalue weighted by molar-refractivity contribution is -0.0168. The molecule has 0 bridgehead atoms. The summed E-state index contributed by atoms with van der Waals surface area (Å²) in [6, 6.07) is 1.83. The number of rotatable bonds is 6. The van der Waals surface area contributed by atoms with Crippen LogP contribution in [0.1, 0.15) is 54.3 Å². The molecule has 0 radical (unpaired) electrons. The molecule has 1 heterocycles. The lowest BCUT2D eigenvalue weighted by Crippen LogP contribution is -2.23. The third-order valence-electron chi connectivity index (χ3n) is 2.60. The van der Waals surface area contributed by atoms with E-state index in [0.717, 1.165) is 18.2 Å². The molecule has 0 amide bonds. The fourth-order valence-electron chi connectivity index (χ4n) is 1.60. The van der Waals surface area contributed by atoms with Crippen molar-refractivity contribution in [3.8, 4) is 5.88 Å². The standard InChI is InChI=1S/C16H29N3O2/c1-8-17-12-11-13(19-14(18-12)15(2,3)4)20-9-10-21-16(5,6)7/h11H,8-10H2,1-7H3,(H,17,18,19). The summed E-state index contributed by atoms with van der Waals surface area (Å²) in [5, 5.41) is 3.21. The third-order valence-corrected chi connectivity index (χ3v) is 2.60. The van der Waals surface area contributed by atoms with E-state index in [2.05, 4.69) is 36.1 Å². The Labute approximate surface area is 128 Å². The second-order valence-electron chi connectivity index (χ2n) is 7.00. The summed E-state index contributed by atoms with van der Waals surface area (Å²) < 4.78 is 11.4. The molecule has 21 heavy (non-hydrogen) atoms. The van der Waals surface area contributed by atoms with Gasteiger partial charge < -0.3 is 14.8 Å². The first-order valence-electron chi connectivity index (χ1n) is 7.52. The number of nitrogens with zero attached hydrogens (tertiary/aromatic N) is 2. The SMILES string of the molecule is CCNc1cc(OCCOC(C)(C)C)nc(C(C)(C)C)n1. The molecule has 5 nitrogen and oxygen atoms in total. The minimum absolute atomic E-state index is 0.120. The molecule has 0 spiro atoms. The molecule has 5 heteroatoms. The molecule has 0 saturated heterocycles. The maximum atomic E-state index is 5.71. The van der Waals surface area contributed by atoms with Crippen LogP contribution in [0.15, 0.2) is 6.07 Å². The number of hydrogen-bond acceptors (Lipinski definition) is 5. The Kier molecular flexibility index (Phi) is 5.96. The number of ether oxygens (including phenoxy) is 2. The molecule has 0 aliphatic carbocycles. The van der Waals surface area contributed by atoms with Gasteiger partial charge in [-0.1, -0.05) is 20.8 Å². The van der Waals surface area contributed by atoms with Crippen molar-refractivity contribution in [2.45, 2.75) is 59.5 Å². The average molecular weight is 295 g/mol. The van der Waals surface area contributed by atoms with Gasteiger partial charge in [-0.05, 0) is 27.7 Å². The van der Waals surface area contributed by atoms with Gasteiger partial charge in [-0.15, -0.1) is 0 Å². The van der Waals surface area contributed by atoms with E-state index in [-0.39, 0.29) is 11.0 Å². The van der Waals surface area contributed by atoms with E-state index < -0.39 is 0 Å². The highest BCUT2D eigenvalue weighted by atomic mass is 16.5. The largest absolute Gasteiger partial charge is 0.475 e. The first-order chi connectivity index (χ1) is 9.62. The summed E-state index contributed by atoms with van der Waals surface area (Å²) in [4.78, 5) is 9.02. The third kappa shape index (κ3) is 6.76. The van der Waals surface area contributed by atoms with E-state index in [0.29, 0.717) is 19.1 Å². The molecular formula is C16H29N3O2. The first-order valence-corrected chi connectivity index (χ1v) is 7.52. The Hall–Kier alpha value is -1.36. The molecule has 0 aromatic carbocycles. The van der Waals surface area contributed by atoms with Crippen molar-refractivity contribution in [3.05, 3.63) is 11.9 Å². The molecule has 120 valence electrons. The predicted molar refractivity (Wildman–Crippen MR) is 86.1 cm³/mol. The van der Waals surface area contributed by atoms with Crippen LogP contribution < -0.4 is 10.1 Å². The lowest BCUT2D eigenvalue weighted by Gasteiger charge is -2.20. The molecule has 1 rings (SSSR count). The first kappa shape index (κ1) is 17.7. The Balaban J connectivity index is 2.74. The molecule has 0 unspecified atom stereocenters. The molecule has 1 N–H and O–H groups in total. The van der Waals surface area contributed by atoms with Crippen molar-refractivity contribution in [2.75, 3.05) is 25.1 Å². The van der Waals surface area contributed by atoms with Gasteiger partial charge in [0.15, 0.2) is 0 Å². The van der Waals surface area contributed by atoms with E-state index in [1.165, 1.54) is 0 Å². The highest BCUT2D eigenvalue weighted by Crippen LogP contribution is 2.23. The zero-order valence-corrected chi connectivity index (χ0v) is 14.4. The Morgan fingerprint density at radius 3 is 2.24 bits per heavy atom. The zero-order chi connectivity index (χ0) is 16.1. The van der Waals surface area contributed by atoms with E-state index in [4.69, 9.17) is 9.47 Å². The minimum Gasteiger partial charge on any atom is -0.475 e. The maximum Gasteiger partial charge on any atom is 0.218 e. The highest BCUT2D eigenvalue weighted by Gasteiger charge is 2.19. The molecule has 0 saturated carbocycles. The summed E-state index contributed by atoms with van der Waals surface area (Å²) in [6.45, 7) is 16.2. The average Bonchev–Trinajstić information content (AvgIpc) is 2.33. The molecular weight excluding hydrogens is 266 g/mol. The Morgan fingerprint density at radius 2 is 1.71 bits per heavy atom. The molecule has 1 aromatic rings. The van der Waals surface area contributed by atoms with Crippen LogP contribution in [0.5, 0.6) is 5.88 Å². The molecule has 0 fully saturated rings. The molecule has 0 aliphatic rings. The van der Waals surface area contributed by atoms with E-state index >= 15 is 0 Å². The summed E-state index contributed by atoms with van der Waals surface area (Å²) in [6.07, 6.45) is 0. The smallest absolute Gasteiger partial charge is 0.218 e. The second-order valence-corrected chi connectivity index (χ2v) is 7.00. The van der Waals surface area contributed by atoms with Crippen LogP contribution in [0, 0.1) is 0 Å². The van der Waals surface area contributed by atoms with Crippen molar-refractivity contribution in [3.63, 3.8) is 0 Å². The number of aromatic nitrogens is 2. The summed E-state index contributed by atoms with van der Waals surface area (Å²) in [5.41, 5.74) is -0.272. The Bertz CT molecular complexity index is 448. The molecule has 0 atom stereocenters. The van der Waals surface area contributed by atoms with Crippen molar-refractivity contribution < 1.29 is 9.47 Å². The van der Waals surface area contributed by atoms with Crippen LogP contribution >= 0.6 is 0 Å². The van der Waals surface area contributed by atoms with Gasteiger partial charge >= 0.3 is 0 Å². The van der Waals surface area contributed by atoms with E-state index in [1.54, 1.807) is 0 Å². The van der Waals surface area contributed by atoms with Gasteiger partial charge in [-0.25, -0.2) is 4.98 Å². The van der Waals surface area contributed by atoms with Crippen LogP contribution in [-0.4, -0.2) is 35.3 Å². The summed E-state index contributed by atoms with van der Waals surface area (Å²) in [7, 11) is 0. The van der Waals surface area contributed by atoms with Gasteiger partial charge in [0.25, 0.3) is 0 Å². The molecule has 0 aliphatic heterocycles. The van der Waals surface area contributed by atoms with Crippen molar-refractivity contribution >= 4 is 5.82 Å². The Morgan fingerprint density at radius 1 is 1.05 bits per heavy atom. The van der Waals surface area contributed by atoms with E-state index in [9.17, 15) is 0 Å². The number of nitrogens with one attached hydrogen (secondary N) is 1. The monoisotopic (exact) mass is 295 g/mol. The molecule has 1 aromatic heterocycles. The van der Waals surface area contributed by atoms with Crippen molar-refractivity contribution in [1.82, 2.24) is 9.97 Å². The fraction of sp³-hybridized carbons (Fsp3) is 0.750. The number of anilines is 1. The zero-order valence-electron chi connectivity index (χ0n) is 14.4. The van der Waals surface area contributed by atoms with E-state index in [1.807, 2.05) is 33.8 Å². The predicted octanol–water partition coefficient (Wildman–Crippen LogP) is 3.40. The van der Waals surface area contributed by atoms with Crippen LogP contribution in [0.4, 0.5) is 5.82 Å². The maximum absolute atomic E-state index is 5.71. The fourth-order valence-corrected chi connectivity index (χ4v) is 1.60. The summed E-state index contributed by atoms with van der Waals surface area (Å²) >= 11 is 0. The van der Waals surface area contributed by atoms with Crippen molar-refractivity contribution in [1.29, 1.82) is 0 Å². The topological polar surface area (TPSA) is 56.3 Å². The van der Waals surface area contributed by atoms with Gasteiger partial charge in [-0.2, -0.15) is 4.98 Å². The van der Waals surface area contributed by atoms with Crippen LogP contribution in [-0.2, 0) is 10.2 Å². The van der Waals surface area contributed by atoms with Gasteiger partial charge in [0.05, 0.1) is 12.2 Å². The van der Waals surface area contributed by atoms with Crippen LogP contribution in [0.3, 0.4) is 0 Å². The second kappa shape index (κ2) is 7.07. The highest BCUT2D eigenvalue weighted by molar-refractivity contribution is 5.39. The normalized spacial score (nSPS) is 12.3. The lowest BCUT2D eigenvalue weighted by atomic mass is 9.96. The summed E-state index contributed by atoms with van der Waals surface area (Å²) in [5.74, 6) is 2.15. The van der Waals surface area contributed by atoms with Gasteiger partial charge in [0.1, 0.15) is 18.2 Å².